The standard InChI is InChI=1S/C13H12O3S/c1-8-2-4-10(5-3-8)17(15,16)12-7-9-6-11(9)13(12)14/h2-5,7,9,11H,6H2,1H3. The Morgan fingerprint density at radius 2 is 1.82 bits per heavy atom. The number of Topliss-reactive ketones (excluding diaryl/α,β-unsaturated/α-hetero) is 1. The molecule has 2 atom stereocenters. The minimum Gasteiger partial charge on any atom is -0.293 e. The lowest BCUT2D eigenvalue weighted by molar-refractivity contribution is -0.115. The van der Waals surface area contributed by atoms with Crippen molar-refractivity contribution in [3.05, 3.63) is 40.8 Å². The molecule has 3 rings (SSSR count). The van der Waals surface area contributed by atoms with Crippen LogP contribution in [-0.2, 0) is 14.6 Å². The van der Waals surface area contributed by atoms with Gasteiger partial charge in [-0.15, -0.1) is 0 Å². The van der Waals surface area contributed by atoms with Gasteiger partial charge in [-0.25, -0.2) is 8.42 Å². The molecule has 4 heteroatoms. The summed E-state index contributed by atoms with van der Waals surface area (Å²) in [4.78, 5) is 12.0. The molecule has 1 aromatic rings. The molecule has 1 aromatic carbocycles. The Balaban J connectivity index is 2.05. The molecule has 3 nitrogen and oxygen atoms in total. The van der Waals surface area contributed by atoms with Crippen molar-refractivity contribution in [1.29, 1.82) is 0 Å². The molecule has 0 amide bonds. The second kappa shape index (κ2) is 3.29. The van der Waals surface area contributed by atoms with Gasteiger partial charge in [-0.2, -0.15) is 0 Å². The van der Waals surface area contributed by atoms with E-state index in [0.29, 0.717) is 0 Å². The summed E-state index contributed by atoms with van der Waals surface area (Å²) in [5.41, 5.74) is 0.999. The molecule has 0 bridgehead atoms. The van der Waals surface area contributed by atoms with E-state index in [1.54, 1.807) is 30.3 Å². The second-order valence-electron chi connectivity index (χ2n) is 4.72. The molecule has 0 radical (unpaired) electrons. The van der Waals surface area contributed by atoms with Gasteiger partial charge in [0.25, 0.3) is 0 Å². The Morgan fingerprint density at radius 3 is 2.35 bits per heavy atom. The molecule has 2 aliphatic rings. The van der Waals surface area contributed by atoms with Crippen molar-refractivity contribution in [1.82, 2.24) is 0 Å². The molecule has 0 aliphatic heterocycles. The van der Waals surface area contributed by atoms with E-state index in [2.05, 4.69) is 0 Å². The van der Waals surface area contributed by atoms with Gasteiger partial charge in [0.2, 0.25) is 9.84 Å². The Hall–Kier alpha value is -1.42. The molecule has 0 N–H and O–H groups in total. The van der Waals surface area contributed by atoms with E-state index in [1.165, 1.54) is 0 Å². The highest BCUT2D eigenvalue weighted by Crippen LogP contribution is 2.49. The van der Waals surface area contributed by atoms with Gasteiger partial charge in [0.05, 0.1) is 4.90 Å². The minimum absolute atomic E-state index is 0.00241. The quantitative estimate of drug-likeness (QED) is 0.802. The van der Waals surface area contributed by atoms with Crippen LogP contribution in [0.2, 0.25) is 0 Å². The number of ketones is 1. The summed E-state index contributed by atoms with van der Waals surface area (Å²) < 4.78 is 24.5. The predicted molar refractivity (Wildman–Crippen MR) is 63.1 cm³/mol. The first-order valence-electron chi connectivity index (χ1n) is 5.58. The average molecular weight is 248 g/mol. The first kappa shape index (κ1) is 10.7. The summed E-state index contributed by atoms with van der Waals surface area (Å²) in [6.45, 7) is 1.89. The monoisotopic (exact) mass is 248 g/mol. The van der Waals surface area contributed by atoms with E-state index in [4.69, 9.17) is 0 Å². The highest BCUT2D eigenvalue weighted by Gasteiger charge is 2.51. The van der Waals surface area contributed by atoms with Crippen molar-refractivity contribution in [2.45, 2.75) is 18.2 Å². The van der Waals surface area contributed by atoms with Crippen LogP contribution >= 0.6 is 0 Å². The highest BCUT2D eigenvalue weighted by molar-refractivity contribution is 7.96. The van der Waals surface area contributed by atoms with Crippen molar-refractivity contribution in [3.8, 4) is 0 Å². The van der Waals surface area contributed by atoms with Crippen LogP contribution in [0.1, 0.15) is 12.0 Å². The molecular weight excluding hydrogens is 236 g/mol. The van der Waals surface area contributed by atoms with Crippen molar-refractivity contribution in [3.63, 3.8) is 0 Å². The van der Waals surface area contributed by atoms with Crippen molar-refractivity contribution >= 4 is 15.6 Å². The van der Waals surface area contributed by atoms with Gasteiger partial charge in [-0.1, -0.05) is 23.8 Å². The fourth-order valence-electron chi connectivity index (χ4n) is 2.23. The van der Waals surface area contributed by atoms with Crippen molar-refractivity contribution in [2.24, 2.45) is 11.8 Å². The zero-order valence-electron chi connectivity index (χ0n) is 9.38. The summed E-state index contributed by atoms with van der Waals surface area (Å²) in [5.74, 6) is -0.0708. The number of aryl methyl sites for hydroxylation is 1. The van der Waals surface area contributed by atoms with Crippen LogP contribution in [-0.4, -0.2) is 14.2 Å². The smallest absolute Gasteiger partial charge is 0.209 e. The van der Waals surface area contributed by atoms with E-state index in [0.717, 1.165) is 12.0 Å². The van der Waals surface area contributed by atoms with Crippen molar-refractivity contribution < 1.29 is 13.2 Å². The van der Waals surface area contributed by atoms with Crippen LogP contribution in [0, 0.1) is 18.8 Å². The Morgan fingerprint density at radius 1 is 1.18 bits per heavy atom. The maximum absolute atomic E-state index is 12.2. The number of carbonyl (C=O) groups excluding carboxylic acids is 1. The highest BCUT2D eigenvalue weighted by atomic mass is 32.2. The third kappa shape index (κ3) is 1.55. The van der Waals surface area contributed by atoms with Crippen LogP contribution < -0.4 is 0 Å². The lowest BCUT2D eigenvalue weighted by atomic mass is 10.2. The summed E-state index contributed by atoms with van der Waals surface area (Å²) in [7, 11) is -3.60. The molecular formula is C13H12O3S. The third-order valence-electron chi connectivity index (χ3n) is 3.41. The average Bonchev–Trinajstić information content (AvgIpc) is 2.98. The van der Waals surface area contributed by atoms with Gasteiger partial charge in [-0.05, 0) is 31.4 Å². The molecule has 0 aromatic heterocycles. The molecule has 2 unspecified atom stereocenters. The minimum atomic E-state index is -3.60. The number of rotatable bonds is 2. The van der Waals surface area contributed by atoms with Crippen LogP contribution in [0.15, 0.2) is 40.1 Å². The van der Waals surface area contributed by atoms with E-state index in [9.17, 15) is 13.2 Å². The molecule has 1 fully saturated rings. The first-order chi connectivity index (χ1) is 8.00. The summed E-state index contributed by atoms with van der Waals surface area (Å²) >= 11 is 0. The SMILES string of the molecule is Cc1ccc(S(=O)(=O)C2=CC3CC3C2=O)cc1. The van der Waals surface area contributed by atoms with Gasteiger partial charge in [0, 0.05) is 5.92 Å². The Kier molecular flexibility index (Phi) is 2.08. The fraction of sp³-hybridized carbons (Fsp3) is 0.308. The Labute approximate surface area is 100 Å². The molecule has 0 spiro atoms. The lowest BCUT2D eigenvalue weighted by Crippen LogP contribution is -2.13. The lowest BCUT2D eigenvalue weighted by Gasteiger charge is -2.05. The summed E-state index contributed by atoms with van der Waals surface area (Å²) in [6.07, 6.45) is 2.45. The number of benzene rings is 1. The van der Waals surface area contributed by atoms with Crippen LogP contribution in [0.4, 0.5) is 0 Å². The van der Waals surface area contributed by atoms with Crippen LogP contribution in [0.5, 0.6) is 0 Å². The van der Waals surface area contributed by atoms with Gasteiger partial charge in [0.1, 0.15) is 4.91 Å². The summed E-state index contributed by atoms with van der Waals surface area (Å²) in [5, 5.41) is 0. The number of hydrogen-bond donors (Lipinski definition) is 0. The van der Waals surface area contributed by atoms with Gasteiger partial charge in [-0.3, -0.25) is 4.79 Å². The maximum Gasteiger partial charge on any atom is 0.209 e. The number of allylic oxidation sites excluding steroid dienone is 2. The van der Waals surface area contributed by atoms with Crippen molar-refractivity contribution in [2.75, 3.05) is 0 Å². The summed E-state index contributed by atoms with van der Waals surface area (Å²) in [6, 6.07) is 6.60. The van der Waals surface area contributed by atoms with Gasteiger partial charge in [0.15, 0.2) is 5.78 Å². The van der Waals surface area contributed by atoms with E-state index >= 15 is 0 Å². The van der Waals surface area contributed by atoms with E-state index in [-0.39, 0.29) is 27.4 Å². The number of hydrogen-bond acceptors (Lipinski definition) is 3. The largest absolute Gasteiger partial charge is 0.293 e. The third-order valence-corrected chi connectivity index (χ3v) is 5.21. The molecule has 1 saturated carbocycles. The number of carbonyl (C=O) groups is 1. The van der Waals surface area contributed by atoms with E-state index in [1.807, 2.05) is 6.92 Å². The molecule has 0 saturated heterocycles. The number of sulfone groups is 1. The fourth-order valence-corrected chi connectivity index (χ4v) is 3.74. The first-order valence-corrected chi connectivity index (χ1v) is 7.06. The zero-order chi connectivity index (χ0) is 12.2. The van der Waals surface area contributed by atoms with E-state index < -0.39 is 9.84 Å². The molecule has 2 aliphatic carbocycles. The van der Waals surface area contributed by atoms with Crippen LogP contribution in [0.3, 0.4) is 0 Å². The number of fused-ring (bicyclic) bond motifs is 1. The molecule has 0 heterocycles. The zero-order valence-corrected chi connectivity index (χ0v) is 10.2. The van der Waals surface area contributed by atoms with Gasteiger partial charge >= 0.3 is 0 Å². The Bertz CT molecular complexity index is 623. The van der Waals surface area contributed by atoms with Gasteiger partial charge < -0.3 is 0 Å². The topological polar surface area (TPSA) is 51.2 Å². The normalized spacial score (nSPS) is 26.6. The maximum atomic E-state index is 12.2. The molecule has 17 heavy (non-hydrogen) atoms. The molecule has 88 valence electrons. The predicted octanol–water partition coefficient (Wildman–Crippen LogP) is 1.87. The second-order valence-corrected chi connectivity index (χ2v) is 6.64. The van der Waals surface area contributed by atoms with Crippen LogP contribution in [0.25, 0.3) is 0 Å².